The summed E-state index contributed by atoms with van der Waals surface area (Å²) in [5.74, 6) is 1.55. The van der Waals surface area contributed by atoms with E-state index in [1.54, 1.807) is 0 Å². The van der Waals surface area contributed by atoms with E-state index in [4.69, 9.17) is 0 Å². The van der Waals surface area contributed by atoms with Gasteiger partial charge in [0.2, 0.25) is 0 Å². The quantitative estimate of drug-likeness (QED) is 0.619. The van der Waals surface area contributed by atoms with E-state index in [1.807, 2.05) is 0 Å². The molecule has 4 heteroatoms. The maximum atomic E-state index is 2.87. The molecule has 3 nitrogen and oxygen atoms in total. The average molecular weight is 389 g/mol. The Morgan fingerprint density at radius 3 is 1.40 bits per heavy atom. The fraction of sp³-hybridized carbons (Fsp3) is 1.00. The van der Waals surface area contributed by atoms with Crippen LogP contribution < -0.4 is 0 Å². The summed E-state index contributed by atoms with van der Waals surface area (Å²) in [5, 5.41) is 0. The molecule has 20 heavy (non-hydrogen) atoms. The van der Waals surface area contributed by atoms with Crippen LogP contribution in [0.25, 0.3) is 0 Å². The van der Waals surface area contributed by atoms with Crippen molar-refractivity contribution in [3.63, 3.8) is 0 Å². The molecule has 1 saturated heterocycles. The second-order valence-corrected chi connectivity index (χ2v) is 14.1. The van der Waals surface area contributed by atoms with E-state index < -0.39 is 20.6 Å². The van der Waals surface area contributed by atoms with Gasteiger partial charge in [-0.05, 0) is 0 Å². The molecule has 0 bridgehead atoms. The van der Waals surface area contributed by atoms with Crippen LogP contribution in [0.3, 0.4) is 0 Å². The van der Waals surface area contributed by atoms with Crippen molar-refractivity contribution in [3.8, 4) is 0 Å². The van der Waals surface area contributed by atoms with Gasteiger partial charge in [-0.15, -0.1) is 0 Å². The normalized spacial score (nSPS) is 20.1. The molecule has 1 radical (unpaired) electrons. The van der Waals surface area contributed by atoms with Gasteiger partial charge in [-0.1, -0.05) is 0 Å². The molecule has 0 spiro atoms. The van der Waals surface area contributed by atoms with Gasteiger partial charge in [0.05, 0.1) is 0 Å². The first-order chi connectivity index (χ1) is 9.16. The van der Waals surface area contributed by atoms with Crippen molar-refractivity contribution in [2.45, 2.75) is 80.6 Å². The number of nitrogens with zero attached hydrogens (tertiary/aromatic N) is 3. The van der Waals surface area contributed by atoms with Crippen LogP contribution >= 0.6 is 0 Å². The van der Waals surface area contributed by atoms with E-state index in [0.717, 1.165) is 11.8 Å². The third kappa shape index (κ3) is 4.34. The van der Waals surface area contributed by atoms with Crippen LogP contribution in [-0.2, 0) is 0 Å². The Bertz CT molecular complexity index is 265. The molecule has 0 aromatic rings. The summed E-state index contributed by atoms with van der Waals surface area (Å²) in [5.41, 5.74) is 0. The van der Waals surface area contributed by atoms with Gasteiger partial charge in [-0.25, -0.2) is 0 Å². The molecule has 0 aliphatic carbocycles. The third-order valence-corrected chi connectivity index (χ3v) is 14.3. The molecule has 1 fully saturated rings. The van der Waals surface area contributed by atoms with Crippen molar-refractivity contribution in [1.29, 1.82) is 0 Å². The van der Waals surface area contributed by atoms with Crippen molar-refractivity contribution in [1.82, 2.24) is 9.36 Å². The predicted molar refractivity (Wildman–Crippen MR) is 90.4 cm³/mol. The summed E-state index contributed by atoms with van der Waals surface area (Å²) in [6.45, 7) is 23.9. The van der Waals surface area contributed by atoms with Crippen LogP contribution in [0.15, 0.2) is 0 Å². The van der Waals surface area contributed by atoms with Crippen LogP contribution in [0, 0.1) is 11.8 Å². The Labute approximate surface area is 135 Å². The SMILES string of the molecule is CC(C)C[N]1C(C)[N](CC(C)C)[Sn]1[N](C(C)C)C(C)C. The Balaban J connectivity index is 2.91. The van der Waals surface area contributed by atoms with Gasteiger partial charge in [-0.3, -0.25) is 0 Å². The first-order valence-electron chi connectivity index (χ1n) is 8.35. The van der Waals surface area contributed by atoms with E-state index >= 15 is 0 Å². The predicted octanol–water partition coefficient (Wildman–Crippen LogP) is 3.37. The van der Waals surface area contributed by atoms with Gasteiger partial charge >= 0.3 is 135 Å². The van der Waals surface area contributed by atoms with Crippen molar-refractivity contribution in [2.75, 3.05) is 13.1 Å². The zero-order chi connectivity index (χ0) is 15.6. The molecule has 1 aliphatic heterocycles. The molecule has 0 amide bonds. The summed E-state index contributed by atoms with van der Waals surface area (Å²) in [4.78, 5) is 0. The van der Waals surface area contributed by atoms with Crippen LogP contribution in [0.5, 0.6) is 0 Å². The molecule has 0 aromatic heterocycles. The summed E-state index contributed by atoms with van der Waals surface area (Å²) < 4.78 is 8.59. The number of rotatable bonds is 7. The van der Waals surface area contributed by atoms with Gasteiger partial charge in [0.1, 0.15) is 0 Å². The topological polar surface area (TPSA) is 9.72 Å². The van der Waals surface area contributed by atoms with Crippen LogP contribution in [0.4, 0.5) is 0 Å². The Morgan fingerprint density at radius 1 is 0.800 bits per heavy atom. The van der Waals surface area contributed by atoms with E-state index in [2.05, 4.69) is 71.7 Å². The molecule has 1 aliphatic rings. The van der Waals surface area contributed by atoms with E-state index in [1.165, 1.54) is 13.1 Å². The molecule has 1 rings (SSSR count). The molecule has 0 saturated carbocycles. The first kappa shape index (κ1) is 18.7. The molecule has 0 atom stereocenters. The minimum atomic E-state index is -1.80. The van der Waals surface area contributed by atoms with Gasteiger partial charge in [0, 0.05) is 0 Å². The second-order valence-electron chi connectivity index (χ2n) is 7.62. The van der Waals surface area contributed by atoms with E-state index in [9.17, 15) is 0 Å². The molecule has 119 valence electrons. The van der Waals surface area contributed by atoms with E-state index in [0.29, 0.717) is 18.2 Å². The molecular weight excluding hydrogens is 353 g/mol. The number of hydrogen-bond donors (Lipinski definition) is 0. The molecule has 0 N–H and O–H groups in total. The molecule has 1 heterocycles. The maximum absolute atomic E-state index is 2.87. The van der Waals surface area contributed by atoms with Gasteiger partial charge < -0.3 is 0 Å². The monoisotopic (exact) mass is 390 g/mol. The van der Waals surface area contributed by atoms with Crippen molar-refractivity contribution in [2.24, 2.45) is 11.8 Å². The van der Waals surface area contributed by atoms with Crippen LogP contribution in [0.2, 0.25) is 0 Å². The minimum absolute atomic E-state index is 0.661. The number of hydrogen-bond acceptors (Lipinski definition) is 3. The van der Waals surface area contributed by atoms with Crippen LogP contribution in [-0.4, -0.2) is 61.3 Å². The summed E-state index contributed by atoms with van der Waals surface area (Å²) in [6.07, 6.45) is 0.661. The third-order valence-electron chi connectivity index (χ3n) is 3.88. The Hall–Kier alpha value is 0.679. The standard InChI is InChI=1S/C10H22N2.C6H14N.Sn/c1-8(2)6-11-10(5)12-7-9(3)4;1-5(2)7-6(3)4;/h8-10H,6-7H2,1-5H3;5-6H,1-4H3;/q-2;-1;+3. The molecule has 0 aromatic carbocycles. The van der Waals surface area contributed by atoms with Gasteiger partial charge in [0.25, 0.3) is 0 Å². The van der Waals surface area contributed by atoms with Crippen molar-refractivity contribution in [3.05, 3.63) is 0 Å². The summed E-state index contributed by atoms with van der Waals surface area (Å²) in [7, 11) is 0. The first-order valence-corrected chi connectivity index (χ1v) is 12.2. The second kappa shape index (κ2) is 7.79. The molecular formula is C16H36N3Sn. The van der Waals surface area contributed by atoms with Gasteiger partial charge in [-0.2, -0.15) is 0 Å². The van der Waals surface area contributed by atoms with Gasteiger partial charge in [0.15, 0.2) is 0 Å². The zero-order valence-electron chi connectivity index (χ0n) is 15.1. The molecule has 0 unspecified atom stereocenters. The van der Waals surface area contributed by atoms with E-state index in [-0.39, 0.29) is 0 Å². The zero-order valence-corrected chi connectivity index (χ0v) is 18.0. The summed E-state index contributed by atoms with van der Waals surface area (Å²) in [6, 6.07) is 1.34. The fourth-order valence-corrected chi connectivity index (χ4v) is 13.7. The Kier molecular flexibility index (Phi) is 7.30. The van der Waals surface area contributed by atoms with Crippen molar-refractivity contribution >= 4 is 20.6 Å². The fourth-order valence-electron chi connectivity index (χ4n) is 3.22. The Morgan fingerprint density at radius 2 is 1.15 bits per heavy atom. The van der Waals surface area contributed by atoms with Crippen LogP contribution in [0.1, 0.15) is 62.3 Å². The average Bonchev–Trinajstić information content (AvgIpc) is 2.29. The van der Waals surface area contributed by atoms with Crippen molar-refractivity contribution < 1.29 is 0 Å². The summed E-state index contributed by atoms with van der Waals surface area (Å²) >= 11 is -1.80.